The van der Waals surface area contributed by atoms with Crippen LogP contribution in [-0.2, 0) is 14.3 Å². The smallest absolute Gasteiger partial charge is 0.326 e. The Morgan fingerprint density at radius 2 is 2.12 bits per heavy atom. The van der Waals surface area contributed by atoms with Crippen molar-refractivity contribution in [3.63, 3.8) is 0 Å². The van der Waals surface area contributed by atoms with Gasteiger partial charge in [0.05, 0.1) is 18.0 Å². The van der Waals surface area contributed by atoms with Crippen LogP contribution in [0.4, 0.5) is 10.8 Å². The molecular formula is C22H18ClN3O5S. The average Bonchev–Trinajstić information content (AvgIpc) is 3.24. The number of halogens is 1. The van der Waals surface area contributed by atoms with E-state index >= 15 is 0 Å². The number of fused-ring (bicyclic) bond motifs is 1. The molecule has 3 aromatic rings. The zero-order chi connectivity index (χ0) is 22.7. The summed E-state index contributed by atoms with van der Waals surface area (Å²) in [6.07, 6.45) is 0. The summed E-state index contributed by atoms with van der Waals surface area (Å²) in [4.78, 5) is 42.5. The summed E-state index contributed by atoms with van der Waals surface area (Å²) in [5.41, 5.74) is 2.20. The summed E-state index contributed by atoms with van der Waals surface area (Å²) in [7, 11) is 0. The van der Waals surface area contributed by atoms with Crippen LogP contribution >= 0.6 is 22.9 Å². The van der Waals surface area contributed by atoms with Gasteiger partial charge in [-0.1, -0.05) is 17.7 Å². The van der Waals surface area contributed by atoms with Crippen molar-refractivity contribution in [2.75, 3.05) is 30.0 Å². The molecule has 164 valence electrons. The largest absolute Gasteiger partial charge is 0.482 e. The molecule has 0 spiro atoms. The number of hydrogen-bond acceptors (Lipinski definition) is 7. The Hall–Kier alpha value is -3.43. The number of nitrogens with one attached hydrogen (secondary N) is 1. The minimum atomic E-state index is -0.501. The molecule has 0 saturated heterocycles. The number of esters is 1. The van der Waals surface area contributed by atoms with E-state index < -0.39 is 5.97 Å². The van der Waals surface area contributed by atoms with Crippen LogP contribution in [0.25, 0.3) is 11.3 Å². The predicted octanol–water partition coefficient (Wildman–Crippen LogP) is 4.00. The standard InChI is InChI=1S/C22H18ClN3O5S/c1-2-30-20(28)10-26-17-9-13(6-7-18(17)31-11-19(26)27)16-12-32-22(24-16)25-21(29)14-4-3-5-15(23)8-14/h3-9,12H,2,10-11H2,1H3,(H,24,25,29). The van der Waals surface area contributed by atoms with Crippen molar-refractivity contribution < 1.29 is 23.9 Å². The average molecular weight is 472 g/mol. The number of rotatable bonds is 6. The zero-order valence-corrected chi connectivity index (χ0v) is 18.5. The molecule has 2 heterocycles. The molecule has 10 heteroatoms. The number of aromatic nitrogens is 1. The van der Waals surface area contributed by atoms with Crippen LogP contribution in [0.5, 0.6) is 5.75 Å². The number of carbonyl (C=O) groups excluding carboxylic acids is 3. The molecule has 0 fully saturated rings. The predicted molar refractivity (Wildman–Crippen MR) is 121 cm³/mol. The summed E-state index contributed by atoms with van der Waals surface area (Å²) >= 11 is 7.21. The molecule has 8 nitrogen and oxygen atoms in total. The lowest BCUT2D eigenvalue weighted by molar-refractivity contribution is -0.142. The first kappa shape index (κ1) is 21.8. The van der Waals surface area contributed by atoms with Crippen LogP contribution in [0.3, 0.4) is 0 Å². The normalized spacial score (nSPS) is 12.7. The Kier molecular flexibility index (Phi) is 6.38. The Morgan fingerprint density at radius 3 is 2.91 bits per heavy atom. The fourth-order valence-electron chi connectivity index (χ4n) is 3.13. The molecule has 4 rings (SSSR count). The van der Waals surface area contributed by atoms with Crippen molar-refractivity contribution >= 4 is 51.5 Å². The van der Waals surface area contributed by atoms with Crippen LogP contribution in [0, 0.1) is 0 Å². The molecule has 0 radical (unpaired) electrons. The highest BCUT2D eigenvalue weighted by Gasteiger charge is 2.28. The third-order valence-corrected chi connectivity index (χ3v) is 5.59. The molecule has 0 aliphatic carbocycles. The summed E-state index contributed by atoms with van der Waals surface area (Å²) in [6.45, 7) is 1.58. The molecule has 1 aliphatic heterocycles. The highest BCUT2D eigenvalue weighted by Crippen LogP contribution is 2.36. The minimum Gasteiger partial charge on any atom is -0.482 e. The second-order valence-electron chi connectivity index (χ2n) is 6.76. The summed E-state index contributed by atoms with van der Waals surface area (Å²) in [5.74, 6) is -0.671. The molecule has 2 aromatic carbocycles. The van der Waals surface area contributed by atoms with E-state index in [1.807, 2.05) is 0 Å². The lowest BCUT2D eigenvalue weighted by atomic mass is 10.1. The van der Waals surface area contributed by atoms with Crippen molar-refractivity contribution in [1.29, 1.82) is 0 Å². The monoisotopic (exact) mass is 471 g/mol. The van der Waals surface area contributed by atoms with Crippen LogP contribution in [0.1, 0.15) is 17.3 Å². The Morgan fingerprint density at radius 1 is 1.28 bits per heavy atom. The summed E-state index contributed by atoms with van der Waals surface area (Å²) in [6, 6.07) is 11.9. The van der Waals surface area contributed by atoms with Crippen molar-refractivity contribution in [2.24, 2.45) is 0 Å². The SMILES string of the molecule is CCOC(=O)CN1C(=O)COc2ccc(-c3csc(NC(=O)c4cccc(Cl)c4)n3)cc21. The number of thiazole rings is 1. The van der Waals surface area contributed by atoms with Crippen molar-refractivity contribution in [2.45, 2.75) is 6.92 Å². The van der Waals surface area contributed by atoms with Crippen LogP contribution < -0.4 is 15.0 Å². The second-order valence-corrected chi connectivity index (χ2v) is 8.05. The van der Waals surface area contributed by atoms with E-state index in [-0.39, 0.29) is 31.6 Å². The molecule has 1 aromatic heterocycles. The first-order chi connectivity index (χ1) is 15.4. The van der Waals surface area contributed by atoms with Gasteiger partial charge in [-0.05, 0) is 43.3 Å². The number of amides is 2. The lowest BCUT2D eigenvalue weighted by Crippen LogP contribution is -2.42. The van der Waals surface area contributed by atoms with Gasteiger partial charge < -0.3 is 9.47 Å². The number of carbonyl (C=O) groups is 3. The van der Waals surface area contributed by atoms with E-state index in [0.29, 0.717) is 38.4 Å². The topological polar surface area (TPSA) is 97.8 Å². The molecule has 0 unspecified atom stereocenters. The van der Waals surface area contributed by atoms with Gasteiger partial charge in [0.1, 0.15) is 12.3 Å². The van der Waals surface area contributed by atoms with Crippen molar-refractivity contribution in [3.8, 4) is 17.0 Å². The highest BCUT2D eigenvalue weighted by molar-refractivity contribution is 7.14. The van der Waals surface area contributed by atoms with Crippen LogP contribution in [0.15, 0.2) is 47.8 Å². The third kappa shape index (κ3) is 4.74. The van der Waals surface area contributed by atoms with Crippen molar-refractivity contribution in [3.05, 3.63) is 58.4 Å². The molecule has 0 atom stereocenters. The van der Waals surface area contributed by atoms with Gasteiger partial charge >= 0.3 is 5.97 Å². The van der Waals surface area contributed by atoms with Gasteiger partial charge in [-0.2, -0.15) is 0 Å². The maximum atomic E-state index is 12.4. The first-order valence-electron chi connectivity index (χ1n) is 9.70. The highest BCUT2D eigenvalue weighted by atomic mass is 35.5. The Labute approximate surface area is 192 Å². The lowest BCUT2D eigenvalue weighted by Gasteiger charge is -2.28. The molecule has 32 heavy (non-hydrogen) atoms. The quantitative estimate of drug-likeness (QED) is 0.545. The van der Waals surface area contributed by atoms with Crippen molar-refractivity contribution in [1.82, 2.24) is 4.98 Å². The van der Waals surface area contributed by atoms with E-state index in [2.05, 4.69) is 10.3 Å². The van der Waals surface area contributed by atoms with Gasteiger partial charge in [-0.15, -0.1) is 11.3 Å². The van der Waals surface area contributed by atoms with Gasteiger partial charge in [0.25, 0.3) is 11.8 Å². The summed E-state index contributed by atoms with van der Waals surface area (Å²) < 4.78 is 10.5. The number of hydrogen-bond donors (Lipinski definition) is 1. The fraction of sp³-hybridized carbons (Fsp3) is 0.182. The number of nitrogens with zero attached hydrogens (tertiary/aromatic N) is 2. The van der Waals surface area contributed by atoms with Gasteiger partial charge in [0, 0.05) is 21.5 Å². The van der Waals surface area contributed by atoms with E-state index in [0.717, 1.165) is 0 Å². The zero-order valence-electron chi connectivity index (χ0n) is 17.0. The second kappa shape index (κ2) is 9.37. The number of anilines is 2. The Balaban J connectivity index is 1.56. The van der Waals surface area contributed by atoms with Gasteiger partial charge in [-0.25, -0.2) is 4.98 Å². The first-order valence-corrected chi connectivity index (χ1v) is 11.0. The third-order valence-electron chi connectivity index (χ3n) is 4.60. The molecule has 1 N–H and O–H groups in total. The summed E-state index contributed by atoms with van der Waals surface area (Å²) in [5, 5.41) is 5.42. The van der Waals surface area contributed by atoms with E-state index in [4.69, 9.17) is 21.1 Å². The maximum Gasteiger partial charge on any atom is 0.326 e. The van der Waals surface area contributed by atoms with E-state index in [9.17, 15) is 14.4 Å². The van der Waals surface area contributed by atoms with Crippen LogP contribution in [0.2, 0.25) is 5.02 Å². The number of benzene rings is 2. The van der Waals surface area contributed by atoms with Crippen LogP contribution in [-0.4, -0.2) is 42.5 Å². The number of ether oxygens (including phenoxy) is 2. The van der Waals surface area contributed by atoms with E-state index in [1.54, 1.807) is 54.8 Å². The van der Waals surface area contributed by atoms with Gasteiger partial charge in [0.2, 0.25) is 0 Å². The van der Waals surface area contributed by atoms with E-state index in [1.165, 1.54) is 16.2 Å². The molecular weight excluding hydrogens is 454 g/mol. The molecule has 0 bridgehead atoms. The van der Waals surface area contributed by atoms with Gasteiger partial charge in [0.15, 0.2) is 11.7 Å². The molecule has 0 saturated carbocycles. The fourth-order valence-corrected chi connectivity index (χ4v) is 4.04. The minimum absolute atomic E-state index is 0.151. The Bertz CT molecular complexity index is 1200. The maximum absolute atomic E-state index is 12.4. The molecule has 2 amide bonds. The van der Waals surface area contributed by atoms with Gasteiger partial charge in [-0.3, -0.25) is 24.6 Å². The molecule has 1 aliphatic rings.